The fraction of sp³-hybridized carbons (Fsp3) is 0.167. The molecule has 0 aliphatic carbocycles. The van der Waals surface area contributed by atoms with Crippen LogP contribution in [0, 0.1) is 10.1 Å². The lowest BCUT2D eigenvalue weighted by Crippen LogP contribution is -1.92. The highest BCUT2D eigenvalue weighted by Gasteiger charge is 2.11. The van der Waals surface area contributed by atoms with Crippen LogP contribution in [0.4, 0.5) is 5.69 Å². The van der Waals surface area contributed by atoms with Gasteiger partial charge in [0.25, 0.3) is 5.69 Å². The molecule has 5 heteroatoms. The van der Waals surface area contributed by atoms with Gasteiger partial charge >= 0.3 is 0 Å². The molecule has 0 saturated heterocycles. The Morgan fingerprint density at radius 1 is 1.53 bits per heavy atom. The van der Waals surface area contributed by atoms with Crippen LogP contribution in [0.5, 0.6) is 0 Å². The number of nitro benzene ring substituents is 1. The number of aromatic nitrogens is 1. The topological polar surface area (TPSA) is 68.3 Å². The largest absolute Gasteiger partial charge is 0.392 e. The first-order valence-corrected chi connectivity index (χ1v) is 5.14. The lowest BCUT2D eigenvalue weighted by molar-refractivity contribution is -0.384. The van der Waals surface area contributed by atoms with Gasteiger partial charge in [-0.2, -0.15) is 0 Å². The lowest BCUT2D eigenvalue weighted by Gasteiger charge is -2.02. The number of aliphatic hydroxyl groups excluding tert-OH is 1. The summed E-state index contributed by atoms with van der Waals surface area (Å²) in [7, 11) is 1.88. The zero-order valence-electron chi connectivity index (χ0n) is 9.33. The fourth-order valence-corrected chi connectivity index (χ4v) is 1.88. The average Bonchev–Trinajstić information content (AvgIpc) is 2.68. The second-order valence-corrected chi connectivity index (χ2v) is 3.74. The number of aryl methyl sites for hydroxylation is 1. The second kappa shape index (κ2) is 4.39. The monoisotopic (exact) mass is 232 g/mol. The van der Waals surface area contributed by atoms with Crippen LogP contribution in [0.2, 0.25) is 0 Å². The van der Waals surface area contributed by atoms with Gasteiger partial charge in [-0.15, -0.1) is 0 Å². The first-order chi connectivity index (χ1) is 8.13. The molecule has 0 bridgehead atoms. The maximum Gasteiger partial charge on any atom is 0.270 e. The second-order valence-electron chi connectivity index (χ2n) is 3.74. The molecule has 1 aromatic carbocycles. The summed E-state index contributed by atoms with van der Waals surface area (Å²) in [5, 5.41) is 20.4. The van der Waals surface area contributed by atoms with Gasteiger partial charge in [0.2, 0.25) is 0 Å². The zero-order chi connectivity index (χ0) is 12.4. The number of rotatable bonds is 3. The highest BCUT2D eigenvalue weighted by molar-refractivity contribution is 5.90. The average molecular weight is 232 g/mol. The Bertz CT molecular complexity index is 599. The van der Waals surface area contributed by atoms with Crippen LogP contribution in [-0.2, 0) is 7.05 Å². The van der Waals surface area contributed by atoms with Crippen molar-refractivity contribution < 1.29 is 10.0 Å². The van der Waals surface area contributed by atoms with Crippen molar-refractivity contribution in [2.45, 2.75) is 0 Å². The van der Waals surface area contributed by atoms with Crippen LogP contribution in [0.15, 0.2) is 30.5 Å². The Hall–Kier alpha value is -2.14. The number of hydrogen-bond acceptors (Lipinski definition) is 3. The number of non-ortho nitro benzene ring substituents is 1. The summed E-state index contributed by atoms with van der Waals surface area (Å²) in [5.41, 5.74) is 1.71. The SMILES string of the molecule is Cn1ccc2cc([N+](=O)[O-])cc(C=CCO)c21. The number of nitro groups is 1. The summed E-state index contributed by atoms with van der Waals surface area (Å²) >= 11 is 0. The van der Waals surface area contributed by atoms with Gasteiger partial charge in [0.15, 0.2) is 0 Å². The third-order valence-corrected chi connectivity index (χ3v) is 2.60. The first-order valence-electron chi connectivity index (χ1n) is 5.14. The molecule has 1 N–H and O–H groups in total. The van der Waals surface area contributed by atoms with E-state index in [0.717, 1.165) is 16.5 Å². The minimum absolute atomic E-state index is 0.0567. The highest BCUT2D eigenvalue weighted by Crippen LogP contribution is 2.26. The van der Waals surface area contributed by atoms with E-state index in [1.807, 2.05) is 23.9 Å². The molecule has 0 spiro atoms. The van der Waals surface area contributed by atoms with Gasteiger partial charge in [0.1, 0.15) is 0 Å². The summed E-state index contributed by atoms with van der Waals surface area (Å²) in [6.07, 6.45) is 5.10. The Kier molecular flexibility index (Phi) is 2.93. The van der Waals surface area contributed by atoms with Crippen molar-refractivity contribution >= 4 is 22.7 Å². The number of hydrogen-bond donors (Lipinski definition) is 1. The molecule has 1 aromatic heterocycles. The predicted molar refractivity (Wildman–Crippen MR) is 65.7 cm³/mol. The standard InChI is InChI=1S/C12H12N2O3/c1-13-5-4-10-8-11(14(16)17)7-9(12(10)13)3-2-6-15/h2-5,7-8,15H,6H2,1H3. The molecule has 5 nitrogen and oxygen atoms in total. The maximum absolute atomic E-state index is 10.8. The zero-order valence-corrected chi connectivity index (χ0v) is 9.33. The smallest absolute Gasteiger partial charge is 0.270 e. The molecule has 0 aliphatic heterocycles. The van der Waals surface area contributed by atoms with Gasteiger partial charge in [-0.3, -0.25) is 10.1 Å². The number of aliphatic hydroxyl groups is 1. The van der Waals surface area contributed by atoms with E-state index in [-0.39, 0.29) is 12.3 Å². The maximum atomic E-state index is 10.8. The van der Waals surface area contributed by atoms with Crippen molar-refractivity contribution in [2.75, 3.05) is 6.61 Å². The molecule has 0 radical (unpaired) electrons. The summed E-state index contributed by atoms with van der Waals surface area (Å²) in [6, 6.07) is 4.89. The van der Waals surface area contributed by atoms with Gasteiger partial charge in [0.05, 0.1) is 17.0 Å². The van der Waals surface area contributed by atoms with Crippen LogP contribution < -0.4 is 0 Å². The van der Waals surface area contributed by atoms with E-state index in [1.54, 1.807) is 18.2 Å². The Morgan fingerprint density at radius 3 is 2.94 bits per heavy atom. The van der Waals surface area contributed by atoms with Crippen molar-refractivity contribution in [2.24, 2.45) is 7.05 Å². The molecule has 0 fully saturated rings. The summed E-state index contributed by atoms with van der Waals surface area (Å²) < 4.78 is 1.90. The van der Waals surface area contributed by atoms with E-state index >= 15 is 0 Å². The van der Waals surface area contributed by atoms with Crippen LogP contribution in [0.25, 0.3) is 17.0 Å². The molecule has 88 valence electrons. The van der Waals surface area contributed by atoms with Crippen LogP contribution in [-0.4, -0.2) is 21.2 Å². The van der Waals surface area contributed by atoms with Gasteiger partial charge in [-0.05, 0) is 6.07 Å². The molecular weight excluding hydrogens is 220 g/mol. The predicted octanol–water partition coefficient (Wildman–Crippen LogP) is 2.09. The van der Waals surface area contributed by atoms with E-state index in [1.165, 1.54) is 6.07 Å². The van der Waals surface area contributed by atoms with Crippen molar-refractivity contribution in [1.29, 1.82) is 0 Å². The van der Waals surface area contributed by atoms with Crippen molar-refractivity contribution in [3.63, 3.8) is 0 Å². The van der Waals surface area contributed by atoms with Crippen molar-refractivity contribution in [3.05, 3.63) is 46.1 Å². The van der Waals surface area contributed by atoms with E-state index in [0.29, 0.717) is 0 Å². The van der Waals surface area contributed by atoms with Crippen LogP contribution >= 0.6 is 0 Å². The van der Waals surface area contributed by atoms with Crippen molar-refractivity contribution in [1.82, 2.24) is 4.57 Å². The fourth-order valence-electron chi connectivity index (χ4n) is 1.88. The number of fused-ring (bicyclic) bond motifs is 1. The van der Waals surface area contributed by atoms with Gasteiger partial charge in [0, 0.05) is 36.3 Å². The van der Waals surface area contributed by atoms with Gasteiger partial charge < -0.3 is 9.67 Å². The third kappa shape index (κ3) is 2.05. The first kappa shape index (κ1) is 11.3. The Labute approximate surface area is 97.7 Å². The normalized spacial score (nSPS) is 11.4. The highest BCUT2D eigenvalue weighted by atomic mass is 16.6. The molecule has 0 unspecified atom stereocenters. The van der Waals surface area contributed by atoms with E-state index in [2.05, 4.69) is 0 Å². The molecular formula is C12H12N2O3. The molecule has 1 heterocycles. The molecule has 2 aromatic rings. The molecule has 0 aliphatic rings. The molecule has 0 atom stereocenters. The minimum atomic E-state index is -0.414. The lowest BCUT2D eigenvalue weighted by atomic mass is 10.1. The Morgan fingerprint density at radius 2 is 2.29 bits per heavy atom. The molecule has 17 heavy (non-hydrogen) atoms. The van der Waals surface area contributed by atoms with Gasteiger partial charge in [-0.25, -0.2) is 0 Å². The van der Waals surface area contributed by atoms with E-state index in [4.69, 9.17) is 5.11 Å². The quantitative estimate of drug-likeness (QED) is 0.650. The summed E-state index contributed by atoms with van der Waals surface area (Å²) in [5.74, 6) is 0. The van der Waals surface area contributed by atoms with Crippen LogP contribution in [0.1, 0.15) is 5.56 Å². The van der Waals surface area contributed by atoms with Gasteiger partial charge in [-0.1, -0.05) is 12.2 Å². The minimum Gasteiger partial charge on any atom is -0.392 e. The summed E-state index contributed by atoms with van der Waals surface area (Å²) in [6.45, 7) is -0.0887. The molecule has 2 rings (SSSR count). The third-order valence-electron chi connectivity index (χ3n) is 2.60. The molecule has 0 amide bonds. The van der Waals surface area contributed by atoms with Crippen LogP contribution in [0.3, 0.4) is 0 Å². The van der Waals surface area contributed by atoms with Crippen molar-refractivity contribution in [3.8, 4) is 0 Å². The van der Waals surface area contributed by atoms with E-state index in [9.17, 15) is 10.1 Å². The Balaban J connectivity index is 2.71. The summed E-state index contributed by atoms with van der Waals surface area (Å²) in [4.78, 5) is 10.4. The van der Waals surface area contributed by atoms with E-state index < -0.39 is 4.92 Å². The molecule has 0 saturated carbocycles. The number of nitrogens with zero attached hydrogens (tertiary/aromatic N) is 2. The number of benzene rings is 1.